The fourth-order valence-corrected chi connectivity index (χ4v) is 3.14. The molecule has 0 unspecified atom stereocenters. The summed E-state index contributed by atoms with van der Waals surface area (Å²) in [7, 11) is 0. The van der Waals surface area contributed by atoms with Gasteiger partial charge in [-0.3, -0.25) is 0 Å². The van der Waals surface area contributed by atoms with Gasteiger partial charge in [-0.2, -0.15) is 0 Å². The Morgan fingerprint density at radius 3 is 2.43 bits per heavy atom. The number of nitrogens with zero attached hydrogens (tertiary/aromatic N) is 1. The van der Waals surface area contributed by atoms with E-state index in [1.54, 1.807) is 6.20 Å². The van der Waals surface area contributed by atoms with Crippen molar-refractivity contribution in [3.63, 3.8) is 0 Å². The zero-order chi connectivity index (χ0) is 15.5. The molecule has 1 aliphatic carbocycles. The summed E-state index contributed by atoms with van der Waals surface area (Å²) in [6, 6.07) is 4.58. The highest BCUT2D eigenvalue weighted by atomic mass is 16.5. The van der Waals surface area contributed by atoms with E-state index < -0.39 is 0 Å². The molecule has 1 aromatic heterocycles. The number of hydrogen-bond donors (Lipinski definition) is 1. The van der Waals surface area contributed by atoms with Crippen molar-refractivity contribution in [3.8, 4) is 5.88 Å². The summed E-state index contributed by atoms with van der Waals surface area (Å²) in [5.41, 5.74) is 1.47. The summed E-state index contributed by atoms with van der Waals surface area (Å²) in [6.45, 7) is 11.2. The molecule has 1 fully saturated rings. The van der Waals surface area contributed by atoms with Crippen LogP contribution < -0.4 is 10.1 Å². The zero-order valence-corrected chi connectivity index (χ0v) is 14.1. The van der Waals surface area contributed by atoms with E-state index >= 15 is 0 Å². The first-order valence-electron chi connectivity index (χ1n) is 8.24. The summed E-state index contributed by atoms with van der Waals surface area (Å²) in [6.07, 6.45) is 7.02. The van der Waals surface area contributed by atoms with Crippen LogP contribution >= 0.6 is 0 Å². The quantitative estimate of drug-likeness (QED) is 0.857. The lowest BCUT2D eigenvalue weighted by Crippen LogP contribution is -2.31. The van der Waals surface area contributed by atoms with Crippen molar-refractivity contribution < 1.29 is 4.74 Å². The Balaban J connectivity index is 1.95. The predicted molar refractivity (Wildman–Crippen MR) is 88.8 cm³/mol. The van der Waals surface area contributed by atoms with Crippen LogP contribution in [0, 0.1) is 11.3 Å². The number of nitrogens with one attached hydrogen (secondary N) is 1. The van der Waals surface area contributed by atoms with Crippen molar-refractivity contribution in [1.29, 1.82) is 0 Å². The van der Waals surface area contributed by atoms with Gasteiger partial charge < -0.3 is 10.1 Å². The minimum Gasteiger partial charge on any atom is -0.473 e. The molecule has 21 heavy (non-hydrogen) atoms. The van der Waals surface area contributed by atoms with E-state index in [2.05, 4.69) is 37.1 Å². The summed E-state index contributed by atoms with van der Waals surface area (Å²) < 4.78 is 5.79. The van der Waals surface area contributed by atoms with Crippen molar-refractivity contribution in [1.82, 2.24) is 4.98 Å². The number of pyridine rings is 1. The molecule has 1 N–H and O–H groups in total. The van der Waals surface area contributed by atoms with Crippen LogP contribution in [-0.4, -0.2) is 17.1 Å². The number of ether oxygens (including phenoxy) is 1. The molecule has 0 aromatic carbocycles. The van der Waals surface area contributed by atoms with E-state index in [9.17, 15) is 0 Å². The van der Waals surface area contributed by atoms with E-state index in [1.807, 2.05) is 19.9 Å². The number of rotatable bonds is 4. The molecule has 0 radical (unpaired) electrons. The van der Waals surface area contributed by atoms with E-state index in [0.717, 1.165) is 17.5 Å². The summed E-state index contributed by atoms with van der Waals surface area (Å²) in [4.78, 5) is 4.35. The lowest BCUT2D eigenvalue weighted by Gasteiger charge is -2.37. The van der Waals surface area contributed by atoms with Crippen molar-refractivity contribution in [3.05, 3.63) is 18.3 Å². The fraction of sp³-hybridized carbons (Fsp3) is 0.722. The molecular weight excluding hydrogens is 260 g/mol. The van der Waals surface area contributed by atoms with Crippen LogP contribution in [0.5, 0.6) is 5.88 Å². The van der Waals surface area contributed by atoms with Crippen LogP contribution in [0.15, 0.2) is 18.3 Å². The third kappa shape index (κ3) is 4.62. The molecule has 0 bridgehead atoms. The molecule has 0 spiro atoms. The van der Waals surface area contributed by atoms with Gasteiger partial charge in [0.15, 0.2) is 0 Å². The van der Waals surface area contributed by atoms with Gasteiger partial charge in [-0.25, -0.2) is 4.98 Å². The molecule has 1 saturated carbocycles. The Bertz CT molecular complexity index is 443. The maximum absolute atomic E-state index is 5.79. The summed E-state index contributed by atoms with van der Waals surface area (Å²) >= 11 is 0. The smallest absolute Gasteiger partial charge is 0.237 e. The third-order valence-electron chi connectivity index (χ3n) is 4.43. The van der Waals surface area contributed by atoms with Crippen LogP contribution in [0.4, 0.5) is 5.69 Å². The van der Waals surface area contributed by atoms with Gasteiger partial charge in [0.25, 0.3) is 0 Å². The first-order valence-corrected chi connectivity index (χ1v) is 8.24. The Morgan fingerprint density at radius 1 is 1.19 bits per heavy atom. The van der Waals surface area contributed by atoms with Gasteiger partial charge in [0.2, 0.25) is 5.88 Å². The average molecular weight is 290 g/mol. The van der Waals surface area contributed by atoms with Crippen LogP contribution in [-0.2, 0) is 0 Å². The van der Waals surface area contributed by atoms with E-state index in [0.29, 0.717) is 11.5 Å². The lowest BCUT2D eigenvalue weighted by molar-refractivity contribution is 0.173. The van der Waals surface area contributed by atoms with Gasteiger partial charge in [0, 0.05) is 12.2 Å². The standard InChI is InChI=1S/C18H30N2O/c1-13(2)21-17-16(7-6-12-19-17)20-15-10-8-14(9-11-15)18(3,4)5/h6-7,12-15,20H,8-11H2,1-5H3. The second kappa shape index (κ2) is 6.67. The molecule has 0 aliphatic heterocycles. The minimum absolute atomic E-state index is 0.150. The van der Waals surface area contributed by atoms with E-state index in [4.69, 9.17) is 4.74 Å². The molecular formula is C18H30N2O. The first-order chi connectivity index (χ1) is 9.86. The molecule has 0 atom stereocenters. The SMILES string of the molecule is CC(C)Oc1ncccc1NC1CCC(C(C)(C)C)CC1. The van der Waals surface area contributed by atoms with Gasteiger partial charge in [0.05, 0.1) is 11.8 Å². The highest BCUT2D eigenvalue weighted by Crippen LogP contribution is 2.38. The van der Waals surface area contributed by atoms with Crippen molar-refractivity contribution >= 4 is 5.69 Å². The largest absolute Gasteiger partial charge is 0.473 e. The molecule has 3 heteroatoms. The zero-order valence-electron chi connectivity index (χ0n) is 14.1. The van der Waals surface area contributed by atoms with Crippen molar-refractivity contribution in [2.75, 3.05) is 5.32 Å². The summed E-state index contributed by atoms with van der Waals surface area (Å²) in [5, 5.41) is 3.64. The molecule has 0 amide bonds. The molecule has 1 heterocycles. The molecule has 0 saturated heterocycles. The molecule has 1 aromatic rings. The first kappa shape index (κ1) is 16.1. The van der Waals surface area contributed by atoms with Gasteiger partial charge in [-0.05, 0) is 63.0 Å². The highest BCUT2D eigenvalue weighted by molar-refractivity contribution is 5.52. The Hall–Kier alpha value is -1.25. The van der Waals surface area contributed by atoms with E-state index in [-0.39, 0.29) is 6.10 Å². The maximum Gasteiger partial charge on any atom is 0.237 e. The van der Waals surface area contributed by atoms with Gasteiger partial charge in [-0.15, -0.1) is 0 Å². The van der Waals surface area contributed by atoms with Crippen LogP contribution in [0.25, 0.3) is 0 Å². The Labute approximate surface area is 129 Å². The Kier molecular flexibility index (Phi) is 5.13. The number of hydrogen-bond acceptors (Lipinski definition) is 3. The number of anilines is 1. The molecule has 3 nitrogen and oxygen atoms in total. The minimum atomic E-state index is 0.150. The van der Waals surface area contributed by atoms with Gasteiger partial charge in [-0.1, -0.05) is 20.8 Å². The number of aromatic nitrogens is 1. The maximum atomic E-state index is 5.79. The van der Waals surface area contributed by atoms with Gasteiger partial charge >= 0.3 is 0 Å². The predicted octanol–water partition coefficient (Wildman–Crippen LogP) is 4.89. The lowest BCUT2D eigenvalue weighted by atomic mass is 9.71. The molecule has 1 aliphatic rings. The fourth-order valence-electron chi connectivity index (χ4n) is 3.14. The second-order valence-electron chi connectivity index (χ2n) is 7.58. The van der Waals surface area contributed by atoms with Crippen LogP contribution in [0.3, 0.4) is 0 Å². The van der Waals surface area contributed by atoms with Crippen LogP contribution in [0.2, 0.25) is 0 Å². The Morgan fingerprint density at radius 2 is 1.86 bits per heavy atom. The third-order valence-corrected chi connectivity index (χ3v) is 4.43. The molecule has 118 valence electrons. The second-order valence-corrected chi connectivity index (χ2v) is 7.58. The van der Waals surface area contributed by atoms with E-state index in [1.165, 1.54) is 25.7 Å². The summed E-state index contributed by atoms with van der Waals surface area (Å²) in [5.74, 6) is 1.57. The highest BCUT2D eigenvalue weighted by Gasteiger charge is 2.29. The molecule has 2 rings (SSSR count). The average Bonchev–Trinajstić information content (AvgIpc) is 2.40. The normalized spacial score (nSPS) is 23.1. The monoisotopic (exact) mass is 290 g/mol. The topological polar surface area (TPSA) is 34.1 Å². The van der Waals surface area contributed by atoms with Crippen molar-refractivity contribution in [2.24, 2.45) is 11.3 Å². The van der Waals surface area contributed by atoms with Crippen molar-refractivity contribution in [2.45, 2.75) is 72.4 Å². The van der Waals surface area contributed by atoms with Crippen LogP contribution in [0.1, 0.15) is 60.3 Å². The van der Waals surface area contributed by atoms with Gasteiger partial charge in [0.1, 0.15) is 0 Å².